The Bertz CT molecular complexity index is 777. The van der Waals surface area contributed by atoms with Gasteiger partial charge in [0.1, 0.15) is 0 Å². The molecule has 0 atom stereocenters. The Hall–Kier alpha value is -2.01. The van der Waals surface area contributed by atoms with E-state index in [4.69, 9.17) is 16.6 Å². The van der Waals surface area contributed by atoms with Crippen LogP contribution in [-0.2, 0) is 19.0 Å². The van der Waals surface area contributed by atoms with Crippen LogP contribution in [0.4, 0.5) is 0 Å². The minimum atomic E-state index is -0.0682. The van der Waals surface area contributed by atoms with Crippen molar-refractivity contribution in [1.29, 1.82) is 0 Å². The van der Waals surface area contributed by atoms with Crippen molar-refractivity contribution < 1.29 is 0 Å². The molecule has 2 N–H and O–H groups in total. The third kappa shape index (κ3) is 5.01. The Balaban J connectivity index is 2.10. The van der Waals surface area contributed by atoms with Crippen LogP contribution < -0.4 is 10.6 Å². The predicted molar refractivity (Wildman–Crippen MR) is 110 cm³/mol. The van der Waals surface area contributed by atoms with E-state index in [0.717, 1.165) is 35.5 Å². The molecule has 2 rings (SSSR count). The van der Waals surface area contributed by atoms with Crippen molar-refractivity contribution in [2.45, 2.75) is 46.6 Å². The molecule has 6 heteroatoms. The van der Waals surface area contributed by atoms with Crippen LogP contribution in [0.15, 0.2) is 29.3 Å². The summed E-state index contributed by atoms with van der Waals surface area (Å²) in [4.78, 5) is 4.75. The molecule has 142 valence electrons. The third-order valence-corrected chi connectivity index (χ3v) is 4.94. The highest BCUT2D eigenvalue weighted by Gasteiger charge is 2.21. The van der Waals surface area contributed by atoms with Crippen LogP contribution in [0.1, 0.15) is 43.3 Å². The van der Waals surface area contributed by atoms with Gasteiger partial charge in [0.25, 0.3) is 0 Å². The van der Waals surface area contributed by atoms with E-state index in [1.54, 1.807) is 0 Å². The molecule has 0 radical (unpaired) electrons. The summed E-state index contributed by atoms with van der Waals surface area (Å²) in [6, 6.07) is 8.03. The molecule has 26 heavy (non-hydrogen) atoms. The molecule has 0 aliphatic carbocycles. The van der Waals surface area contributed by atoms with Gasteiger partial charge in [-0.05, 0) is 38.5 Å². The minimum absolute atomic E-state index is 0.0682. The van der Waals surface area contributed by atoms with Gasteiger partial charge in [-0.3, -0.25) is 4.68 Å². The number of aryl methyl sites for hydroxylation is 2. The monoisotopic (exact) mass is 375 g/mol. The van der Waals surface area contributed by atoms with E-state index in [2.05, 4.69) is 49.5 Å². The molecule has 0 aliphatic rings. The summed E-state index contributed by atoms with van der Waals surface area (Å²) < 4.78 is 1.91. The zero-order valence-electron chi connectivity index (χ0n) is 16.7. The van der Waals surface area contributed by atoms with Crippen molar-refractivity contribution in [3.05, 3.63) is 51.8 Å². The van der Waals surface area contributed by atoms with Crippen molar-refractivity contribution in [2.24, 2.45) is 12.0 Å². The Morgan fingerprint density at radius 2 is 2.00 bits per heavy atom. The second-order valence-corrected chi connectivity index (χ2v) is 7.65. The highest BCUT2D eigenvalue weighted by Crippen LogP contribution is 2.24. The number of nitrogens with zero attached hydrogens (tertiary/aromatic N) is 3. The molecule has 0 saturated carbocycles. The first-order valence-corrected chi connectivity index (χ1v) is 9.39. The quantitative estimate of drug-likeness (QED) is 0.597. The molecule has 2 aromatic rings. The molecule has 0 unspecified atom stereocenters. The molecular weight excluding hydrogens is 346 g/mol. The van der Waals surface area contributed by atoms with E-state index in [0.29, 0.717) is 6.54 Å². The molecule has 0 fully saturated rings. The number of nitrogens with one attached hydrogen (secondary N) is 2. The topological polar surface area (TPSA) is 54.2 Å². The lowest BCUT2D eigenvalue weighted by Crippen LogP contribution is -2.43. The van der Waals surface area contributed by atoms with Crippen LogP contribution >= 0.6 is 11.6 Å². The number of rotatable bonds is 6. The van der Waals surface area contributed by atoms with E-state index < -0.39 is 0 Å². The molecule has 0 amide bonds. The van der Waals surface area contributed by atoms with Crippen molar-refractivity contribution >= 4 is 17.6 Å². The first-order chi connectivity index (χ1) is 12.2. The van der Waals surface area contributed by atoms with Gasteiger partial charge in [0.05, 0.1) is 12.2 Å². The lowest BCUT2D eigenvalue weighted by molar-refractivity contribution is 0.508. The lowest BCUT2D eigenvalue weighted by Gasteiger charge is -2.27. The fourth-order valence-electron chi connectivity index (χ4n) is 2.86. The number of aromatic nitrogens is 2. The van der Waals surface area contributed by atoms with Crippen LogP contribution in [-0.4, -0.2) is 28.8 Å². The van der Waals surface area contributed by atoms with E-state index in [1.807, 2.05) is 36.9 Å². The average Bonchev–Trinajstić information content (AvgIpc) is 2.83. The summed E-state index contributed by atoms with van der Waals surface area (Å²) in [6.07, 6.45) is 0. The summed E-state index contributed by atoms with van der Waals surface area (Å²) in [5, 5.41) is 12.0. The average molecular weight is 376 g/mol. The van der Waals surface area contributed by atoms with Crippen molar-refractivity contribution in [3.8, 4) is 0 Å². The first-order valence-electron chi connectivity index (χ1n) is 9.02. The fourth-order valence-corrected chi connectivity index (χ4v) is 3.05. The maximum absolute atomic E-state index is 6.15. The Kier molecular flexibility index (Phi) is 6.70. The Morgan fingerprint density at radius 1 is 1.27 bits per heavy atom. The summed E-state index contributed by atoms with van der Waals surface area (Å²) >= 11 is 6.15. The highest BCUT2D eigenvalue weighted by atomic mass is 35.5. The van der Waals surface area contributed by atoms with Gasteiger partial charge in [0.2, 0.25) is 0 Å². The lowest BCUT2D eigenvalue weighted by atomic mass is 9.84. The molecule has 0 saturated heterocycles. The number of hydrogen-bond donors (Lipinski definition) is 2. The van der Waals surface area contributed by atoms with E-state index >= 15 is 0 Å². The molecule has 1 aromatic heterocycles. The van der Waals surface area contributed by atoms with Crippen LogP contribution in [0.3, 0.4) is 0 Å². The van der Waals surface area contributed by atoms with Gasteiger partial charge in [-0.25, -0.2) is 4.99 Å². The van der Waals surface area contributed by atoms with E-state index in [1.165, 1.54) is 11.1 Å². The summed E-state index contributed by atoms with van der Waals surface area (Å²) in [7, 11) is 1.96. The standard InChI is InChI=1S/C20H30ClN5/c1-7-22-19(23-12-18-14(2)25-26(6)15(18)3)24-13-20(4,5)16-9-8-10-17(21)11-16/h8-11H,7,12-13H2,1-6H3,(H2,22,23,24). The number of hydrogen-bond acceptors (Lipinski definition) is 2. The minimum Gasteiger partial charge on any atom is -0.357 e. The Labute approximate surface area is 161 Å². The molecule has 5 nitrogen and oxygen atoms in total. The number of aliphatic imine (C=N–C) groups is 1. The maximum Gasteiger partial charge on any atom is 0.191 e. The highest BCUT2D eigenvalue weighted by molar-refractivity contribution is 6.30. The SMILES string of the molecule is CCNC(=NCc1c(C)nn(C)c1C)NCC(C)(C)c1cccc(Cl)c1. The van der Waals surface area contributed by atoms with E-state index in [9.17, 15) is 0 Å². The molecule has 0 spiro atoms. The van der Waals surface area contributed by atoms with Crippen LogP contribution in [0.2, 0.25) is 5.02 Å². The Morgan fingerprint density at radius 3 is 2.58 bits per heavy atom. The zero-order chi connectivity index (χ0) is 19.3. The molecular formula is C20H30ClN5. The second-order valence-electron chi connectivity index (χ2n) is 7.22. The predicted octanol–water partition coefficient (Wildman–Crippen LogP) is 3.72. The van der Waals surface area contributed by atoms with E-state index in [-0.39, 0.29) is 5.41 Å². The maximum atomic E-state index is 6.15. The smallest absolute Gasteiger partial charge is 0.191 e. The zero-order valence-corrected chi connectivity index (χ0v) is 17.4. The van der Waals surface area contributed by atoms with Crippen molar-refractivity contribution in [2.75, 3.05) is 13.1 Å². The molecule has 1 aromatic carbocycles. The third-order valence-electron chi connectivity index (χ3n) is 4.70. The van der Waals surface area contributed by atoms with Crippen LogP contribution in [0.5, 0.6) is 0 Å². The van der Waals surface area contributed by atoms with Crippen LogP contribution in [0.25, 0.3) is 0 Å². The van der Waals surface area contributed by atoms with Gasteiger partial charge in [-0.1, -0.05) is 37.6 Å². The summed E-state index contributed by atoms with van der Waals surface area (Å²) in [5.74, 6) is 0.810. The van der Waals surface area contributed by atoms with Crippen LogP contribution in [0, 0.1) is 13.8 Å². The van der Waals surface area contributed by atoms with Gasteiger partial charge in [-0.15, -0.1) is 0 Å². The number of halogens is 1. The molecule has 1 heterocycles. The van der Waals surface area contributed by atoms with Crippen molar-refractivity contribution in [3.63, 3.8) is 0 Å². The van der Waals surface area contributed by atoms with Gasteiger partial charge in [0.15, 0.2) is 5.96 Å². The fraction of sp³-hybridized carbons (Fsp3) is 0.500. The number of benzene rings is 1. The van der Waals surface area contributed by atoms with Gasteiger partial charge in [-0.2, -0.15) is 5.10 Å². The summed E-state index contributed by atoms with van der Waals surface area (Å²) in [6.45, 7) is 12.8. The number of guanidine groups is 1. The van der Waals surface area contributed by atoms with Gasteiger partial charge in [0, 0.05) is 41.8 Å². The molecule has 0 bridgehead atoms. The van der Waals surface area contributed by atoms with Gasteiger partial charge < -0.3 is 10.6 Å². The molecule has 0 aliphatic heterocycles. The normalized spacial score (nSPS) is 12.3. The largest absolute Gasteiger partial charge is 0.357 e. The van der Waals surface area contributed by atoms with Crippen molar-refractivity contribution in [1.82, 2.24) is 20.4 Å². The second kappa shape index (κ2) is 8.58. The first kappa shape index (κ1) is 20.3. The van der Waals surface area contributed by atoms with Gasteiger partial charge >= 0.3 is 0 Å². The summed E-state index contributed by atoms with van der Waals surface area (Å²) in [5.41, 5.74) is 4.50.